The second-order valence-corrected chi connectivity index (χ2v) is 5.83. The van der Waals surface area contributed by atoms with Crippen molar-refractivity contribution in [3.05, 3.63) is 15.8 Å². The minimum absolute atomic E-state index is 0.148. The molecule has 7 nitrogen and oxygen atoms in total. The summed E-state index contributed by atoms with van der Waals surface area (Å²) in [5, 5.41) is 19.1. The summed E-state index contributed by atoms with van der Waals surface area (Å²) in [7, 11) is 1.93. The maximum absolute atomic E-state index is 11.4. The smallest absolute Gasteiger partial charge is 0.333 e. The van der Waals surface area contributed by atoms with E-state index in [1.807, 2.05) is 11.9 Å². The van der Waals surface area contributed by atoms with Crippen molar-refractivity contribution >= 4 is 11.5 Å². The molecule has 0 aromatic carbocycles. The third kappa shape index (κ3) is 3.53. The Balaban J connectivity index is 2.24. The van der Waals surface area contributed by atoms with Gasteiger partial charge >= 0.3 is 5.69 Å². The van der Waals surface area contributed by atoms with Gasteiger partial charge in [-0.1, -0.05) is 6.92 Å². The number of piperidine rings is 1. The van der Waals surface area contributed by atoms with E-state index in [0.29, 0.717) is 24.0 Å². The fourth-order valence-electron chi connectivity index (χ4n) is 3.07. The molecule has 7 heteroatoms. The van der Waals surface area contributed by atoms with E-state index >= 15 is 0 Å². The van der Waals surface area contributed by atoms with Crippen molar-refractivity contribution in [2.45, 2.75) is 39.7 Å². The first-order valence-electron chi connectivity index (χ1n) is 7.68. The minimum atomic E-state index is -0.306. The average Bonchev–Trinajstić information content (AvgIpc) is 2.77. The van der Waals surface area contributed by atoms with E-state index < -0.39 is 0 Å². The lowest BCUT2D eigenvalue weighted by molar-refractivity contribution is -0.384. The van der Waals surface area contributed by atoms with Crippen molar-refractivity contribution in [1.82, 2.24) is 15.1 Å². The molecule has 2 rings (SSSR count). The molecule has 1 saturated heterocycles. The molecule has 1 atom stereocenters. The van der Waals surface area contributed by atoms with Gasteiger partial charge in [0.25, 0.3) is 0 Å². The summed E-state index contributed by atoms with van der Waals surface area (Å²) >= 11 is 0. The number of nitro groups is 1. The lowest BCUT2D eigenvalue weighted by Gasteiger charge is -2.28. The number of nitrogens with zero attached hydrogens (tertiary/aromatic N) is 4. The number of anilines is 1. The molecule has 0 amide bonds. The van der Waals surface area contributed by atoms with Gasteiger partial charge in [0.1, 0.15) is 5.69 Å². The Morgan fingerprint density at radius 1 is 1.57 bits per heavy atom. The predicted molar refractivity (Wildman–Crippen MR) is 82.8 cm³/mol. The van der Waals surface area contributed by atoms with Gasteiger partial charge < -0.3 is 10.2 Å². The highest BCUT2D eigenvalue weighted by molar-refractivity contribution is 5.61. The number of nitrogens with one attached hydrogen (secondary N) is 1. The summed E-state index contributed by atoms with van der Waals surface area (Å²) in [5.41, 5.74) is 0.645. The number of rotatable bonds is 6. The molecule has 1 aromatic rings. The normalized spacial score (nSPS) is 18.7. The van der Waals surface area contributed by atoms with Crippen molar-refractivity contribution in [2.75, 3.05) is 31.6 Å². The summed E-state index contributed by atoms with van der Waals surface area (Å²) < 4.78 is 1.78. The van der Waals surface area contributed by atoms with Crippen LogP contribution in [0.2, 0.25) is 0 Å². The van der Waals surface area contributed by atoms with Crippen molar-refractivity contribution in [1.29, 1.82) is 0 Å². The largest absolute Gasteiger partial charge is 0.354 e. The standard InChI is InChI=1S/C14H25N5O2/c1-4-8-18-14(13(19(20)21)11(2)16-18)17(3)10-12-6-5-7-15-9-12/h12,15H,4-10H2,1-3H3. The third-order valence-corrected chi connectivity index (χ3v) is 3.98. The quantitative estimate of drug-likeness (QED) is 0.641. The van der Waals surface area contributed by atoms with Crippen LogP contribution < -0.4 is 10.2 Å². The number of aromatic nitrogens is 2. The minimum Gasteiger partial charge on any atom is -0.354 e. The Morgan fingerprint density at radius 2 is 2.33 bits per heavy atom. The number of hydrogen-bond donors (Lipinski definition) is 1. The van der Waals surface area contributed by atoms with Crippen molar-refractivity contribution < 1.29 is 4.92 Å². The SMILES string of the molecule is CCCn1nc(C)c([N+](=O)[O-])c1N(C)CC1CCCNC1. The molecule has 0 radical (unpaired) electrons. The van der Waals surface area contributed by atoms with E-state index in [2.05, 4.69) is 17.3 Å². The Kier molecular flexibility index (Phi) is 5.17. The molecule has 0 saturated carbocycles. The van der Waals surface area contributed by atoms with Crippen LogP contribution in [0.25, 0.3) is 0 Å². The molecular formula is C14H25N5O2. The van der Waals surface area contributed by atoms with Crippen molar-refractivity contribution in [2.24, 2.45) is 5.92 Å². The van der Waals surface area contributed by atoms with Crippen molar-refractivity contribution in [3.8, 4) is 0 Å². The molecule has 1 unspecified atom stereocenters. The molecule has 21 heavy (non-hydrogen) atoms. The molecule has 1 aliphatic heterocycles. The van der Waals surface area contributed by atoms with Gasteiger partial charge in [0, 0.05) is 20.1 Å². The highest BCUT2D eigenvalue weighted by atomic mass is 16.6. The van der Waals surface area contributed by atoms with E-state index in [1.54, 1.807) is 11.6 Å². The highest BCUT2D eigenvalue weighted by Crippen LogP contribution is 2.32. The zero-order valence-electron chi connectivity index (χ0n) is 13.1. The topological polar surface area (TPSA) is 76.2 Å². The summed E-state index contributed by atoms with van der Waals surface area (Å²) in [4.78, 5) is 13.1. The van der Waals surface area contributed by atoms with Gasteiger partial charge in [0.2, 0.25) is 5.82 Å². The first-order valence-corrected chi connectivity index (χ1v) is 7.68. The monoisotopic (exact) mass is 295 g/mol. The van der Waals surface area contributed by atoms with Gasteiger partial charge in [-0.05, 0) is 45.2 Å². The molecule has 0 aliphatic carbocycles. The summed E-state index contributed by atoms with van der Waals surface area (Å²) in [5.74, 6) is 1.18. The molecule has 2 heterocycles. The Labute approximate surface area is 125 Å². The Bertz CT molecular complexity index is 494. The van der Waals surface area contributed by atoms with Crippen LogP contribution in [0, 0.1) is 23.0 Å². The van der Waals surface area contributed by atoms with E-state index in [0.717, 1.165) is 26.1 Å². The second kappa shape index (κ2) is 6.89. The van der Waals surface area contributed by atoms with Crippen molar-refractivity contribution in [3.63, 3.8) is 0 Å². The van der Waals surface area contributed by atoms with Gasteiger partial charge in [-0.2, -0.15) is 5.10 Å². The van der Waals surface area contributed by atoms with E-state index in [9.17, 15) is 10.1 Å². The fraction of sp³-hybridized carbons (Fsp3) is 0.786. The summed E-state index contributed by atoms with van der Waals surface area (Å²) in [6.07, 6.45) is 3.25. The average molecular weight is 295 g/mol. The van der Waals surface area contributed by atoms with Gasteiger partial charge in [0.15, 0.2) is 0 Å². The van der Waals surface area contributed by atoms with Crippen LogP contribution in [-0.4, -0.2) is 41.4 Å². The van der Waals surface area contributed by atoms with Gasteiger partial charge in [-0.3, -0.25) is 10.1 Å². The first kappa shape index (κ1) is 15.8. The number of hydrogen-bond acceptors (Lipinski definition) is 5. The molecule has 0 spiro atoms. The fourth-order valence-corrected chi connectivity index (χ4v) is 3.07. The molecule has 1 aromatic heterocycles. The van der Waals surface area contributed by atoms with Crippen LogP contribution in [-0.2, 0) is 6.54 Å². The molecule has 1 aliphatic rings. The van der Waals surface area contributed by atoms with Gasteiger partial charge in [-0.25, -0.2) is 4.68 Å². The first-order chi connectivity index (χ1) is 10.0. The predicted octanol–water partition coefficient (Wildman–Crippen LogP) is 1.95. The Hall–Kier alpha value is -1.63. The van der Waals surface area contributed by atoms with Gasteiger partial charge in [-0.15, -0.1) is 0 Å². The van der Waals surface area contributed by atoms with Crippen LogP contribution in [0.5, 0.6) is 0 Å². The summed E-state index contributed by atoms with van der Waals surface area (Å²) in [6.45, 7) is 7.35. The molecule has 0 bridgehead atoms. The zero-order valence-corrected chi connectivity index (χ0v) is 13.1. The second-order valence-electron chi connectivity index (χ2n) is 5.83. The Morgan fingerprint density at radius 3 is 2.90 bits per heavy atom. The zero-order chi connectivity index (χ0) is 15.4. The van der Waals surface area contributed by atoms with Crippen LogP contribution >= 0.6 is 0 Å². The van der Waals surface area contributed by atoms with E-state index in [1.165, 1.54) is 12.8 Å². The lowest BCUT2D eigenvalue weighted by Crippen LogP contribution is -2.37. The molecule has 118 valence electrons. The maximum atomic E-state index is 11.4. The third-order valence-electron chi connectivity index (χ3n) is 3.98. The van der Waals surface area contributed by atoms with Crippen LogP contribution in [0.3, 0.4) is 0 Å². The maximum Gasteiger partial charge on any atom is 0.333 e. The van der Waals surface area contributed by atoms with E-state index in [-0.39, 0.29) is 10.6 Å². The van der Waals surface area contributed by atoms with Gasteiger partial charge in [0.05, 0.1) is 4.92 Å². The lowest BCUT2D eigenvalue weighted by atomic mass is 9.99. The van der Waals surface area contributed by atoms with Crippen LogP contribution in [0.15, 0.2) is 0 Å². The highest BCUT2D eigenvalue weighted by Gasteiger charge is 2.29. The number of aryl methyl sites for hydroxylation is 2. The van der Waals surface area contributed by atoms with E-state index in [4.69, 9.17) is 0 Å². The molecule has 1 N–H and O–H groups in total. The molecule has 1 fully saturated rings. The molecular weight excluding hydrogens is 270 g/mol. The van der Waals surface area contributed by atoms with Crippen LogP contribution in [0.4, 0.5) is 11.5 Å². The summed E-state index contributed by atoms with van der Waals surface area (Å²) in [6, 6.07) is 0. The van der Waals surface area contributed by atoms with Crippen LogP contribution in [0.1, 0.15) is 31.9 Å².